The van der Waals surface area contributed by atoms with Gasteiger partial charge < -0.3 is 35.2 Å². The second-order valence-corrected chi connectivity index (χ2v) is 10.8. The Morgan fingerprint density at radius 2 is 1.87 bits per heavy atom. The summed E-state index contributed by atoms with van der Waals surface area (Å²) < 4.78 is 47.4. The number of guanidine groups is 1. The highest BCUT2D eigenvalue weighted by molar-refractivity contribution is 7.66. The monoisotopic (exact) mass is 485 g/mol. The number of rotatable bonds is 8. The molecule has 18 heteroatoms. The molecule has 1 fully saturated rings. The Balaban J connectivity index is 1.60. The molecular formula is C12H18N5O10P3. The van der Waals surface area contributed by atoms with Gasteiger partial charge in [-0.1, -0.05) is 13.2 Å². The van der Waals surface area contributed by atoms with E-state index in [1.54, 1.807) is 4.57 Å². The number of hydrogen-bond acceptors (Lipinski definition) is 10. The van der Waals surface area contributed by atoms with Crippen molar-refractivity contribution in [3.63, 3.8) is 0 Å². The number of aromatic nitrogens is 2. The highest BCUT2D eigenvalue weighted by Crippen LogP contribution is 2.66. The van der Waals surface area contributed by atoms with Crippen molar-refractivity contribution in [1.29, 1.82) is 0 Å². The maximum atomic E-state index is 11.8. The summed E-state index contributed by atoms with van der Waals surface area (Å²) in [5.41, 5.74) is 7.27. The zero-order valence-electron chi connectivity index (χ0n) is 15.1. The molecule has 1 aliphatic heterocycles. The van der Waals surface area contributed by atoms with Gasteiger partial charge in [-0.25, -0.2) is 18.7 Å². The van der Waals surface area contributed by atoms with Crippen molar-refractivity contribution in [3.05, 3.63) is 30.8 Å². The molecule has 166 valence electrons. The molecular weight excluding hydrogens is 467 g/mol. The first-order chi connectivity index (χ1) is 13.7. The van der Waals surface area contributed by atoms with Crippen LogP contribution >= 0.6 is 23.5 Å². The first kappa shape index (κ1) is 23.0. The SMILES string of the molecule is C=C1NC(N)=Nc2c1ncn2[C@H]1C[C@@H](COP(=O)(O)OP(=O)(O)OP(=O)(O)O)C1=C. The molecule has 1 aromatic heterocycles. The van der Waals surface area contributed by atoms with E-state index in [0.717, 1.165) is 0 Å². The number of nitrogens with two attached hydrogens (primary N) is 1. The molecule has 0 aromatic carbocycles. The van der Waals surface area contributed by atoms with E-state index in [9.17, 15) is 18.6 Å². The topological polar surface area (TPSA) is 228 Å². The van der Waals surface area contributed by atoms with Gasteiger partial charge in [-0.3, -0.25) is 4.52 Å². The van der Waals surface area contributed by atoms with Crippen LogP contribution in [0.15, 0.2) is 30.1 Å². The minimum absolute atomic E-state index is 0.142. The van der Waals surface area contributed by atoms with E-state index < -0.39 is 36.0 Å². The number of nitrogens with zero attached hydrogens (tertiary/aromatic N) is 3. The molecule has 2 heterocycles. The van der Waals surface area contributed by atoms with Gasteiger partial charge in [0.2, 0.25) is 0 Å². The van der Waals surface area contributed by atoms with Gasteiger partial charge in [-0.2, -0.15) is 13.6 Å². The highest BCUT2D eigenvalue weighted by Gasteiger charge is 2.43. The van der Waals surface area contributed by atoms with Gasteiger partial charge in [0.15, 0.2) is 11.8 Å². The molecule has 0 spiro atoms. The molecule has 1 aromatic rings. The zero-order valence-corrected chi connectivity index (χ0v) is 17.7. The van der Waals surface area contributed by atoms with E-state index >= 15 is 0 Å². The van der Waals surface area contributed by atoms with Crippen LogP contribution in [0.5, 0.6) is 0 Å². The molecule has 4 atom stereocenters. The van der Waals surface area contributed by atoms with E-state index in [4.69, 9.17) is 20.4 Å². The molecule has 0 amide bonds. The van der Waals surface area contributed by atoms with Crippen LogP contribution in [0, 0.1) is 5.92 Å². The highest BCUT2D eigenvalue weighted by atomic mass is 31.3. The molecule has 1 saturated carbocycles. The van der Waals surface area contributed by atoms with Crippen molar-refractivity contribution in [1.82, 2.24) is 14.9 Å². The summed E-state index contributed by atoms with van der Waals surface area (Å²) >= 11 is 0. The Hall–Kier alpha value is -1.63. The standard InChI is InChI=1S/C12H18N5O10P3/c1-6-8(4-25-29(21,22)27-30(23,24)26-28(18,19)20)3-9(6)17-5-14-10-7(2)15-12(13)16-11(10)17/h5,8-9H,1-4H2,(H,21,22)(H,23,24)(H3,13,15,16)(H2,18,19,20)/t8-,9-/m0/s1. The normalized spacial score (nSPS) is 25.4. The number of hydrogen-bond donors (Lipinski definition) is 6. The third kappa shape index (κ3) is 5.16. The molecule has 3 rings (SSSR count). The fourth-order valence-corrected chi connectivity index (χ4v) is 5.96. The maximum absolute atomic E-state index is 11.8. The number of phosphoric acid groups is 3. The Labute approximate surface area is 169 Å². The van der Waals surface area contributed by atoms with Crippen LogP contribution in [0.2, 0.25) is 0 Å². The molecule has 2 unspecified atom stereocenters. The minimum atomic E-state index is -5.55. The summed E-state index contributed by atoms with van der Waals surface area (Å²) in [4.78, 5) is 44.1. The van der Waals surface area contributed by atoms with Crippen molar-refractivity contribution < 1.29 is 46.4 Å². The number of phosphoric ester groups is 1. The smallest absolute Gasteiger partial charge is 0.369 e. The summed E-state index contributed by atoms with van der Waals surface area (Å²) in [6, 6.07) is -0.266. The lowest BCUT2D eigenvalue weighted by Crippen LogP contribution is -2.34. The van der Waals surface area contributed by atoms with E-state index in [-0.39, 0.29) is 12.0 Å². The average Bonchev–Trinajstić information content (AvgIpc) is 2.93. The van der Waals surface area contributed by atoms with Gasteiger partial charge in [0.1, 0.15) is 5.69 Å². The molecule has 0 saturated heterocycles. The van der Waals surface area contributed by atoms with Crippen LogP contribution in [0.25, 0.3) is 5.70 Å². The van der Waals surface area contributed by atoms with Gasteiger partial charge >= 0.3 is 23.5 Å². The number of imidazole rings is 1. The van der Waals surface area contributed by atoms with E-state index in [1.165, 1.54) is 6.33 Å². The Kier molecular flexibility index (Phi) is 6.00. The van der Waals surface area contributed by atoms with Crippen LogP contribution < -0.4 is 11.1 Å². The van der Waals surface area contributed by atoms with Crippen molar-refractivity contribution >= 4 is 40.9 Å². The van der Waals surface area contributed by atoms with Crippen LogP contribution in [0.4, 0.5) is 5.82 Å². The first-order valence-electron chi connectivity index (χ1n) is 8.02. The third-order valence-electron chi connectivity index (χ3n) is 4.21. The molecule has 30 heavy (non-hydrogen) atoms. The number of nitrogens with one attached hydrogen (secondary N) is 1. The van der Waals surface area contributed by atoms with Crippen molar-refractivity contribution in [2.75, 3.05) is 6.61 Å². The first-order valence-corrected chi connectivity index (χ1v) is 12.5. The van der Waals surface area contributed by atoms with Crippen LogP contribution in [0.3, 0.4) is 0 Å². The molecule has 1 aliphatic carbocycles. The summed E-state index contributed by atoms with van der Waals surface area (Å²) in [5.74, 6) is 0.182. The summed E-state index contributed by atoms with van der Waals surface area (Å²) in [6.07, 6.45) is 1.92. The molecule has 2 aliphatic rings. The fourth-order valence-electron chi connectivity index (χ4n) is 2.90. The Morgan fingerprint density at radius 3 is 2.47 bits per heavy atom. The predicted molar refractivity (Wildman–Crippen MR) is 102 cm³/mol. The van der Waals surface area contributed by atoms with Crippen LogP contribution in [0.1, 0.15) is 18.2 Å². The van der Waals surface area contributed by atoms with Gasteiger partial charge in [-0.05, 0) is 12.0 Å². The summed E-state index contributed by atoms with van der Waals surface area (Å²) in [7, 11) is -16.2. The predicted octanol–water partition coefficient (Wildman–Crippen LogP) is 0.864. The zero-order chi connectivity index (χ0) is 22.5. The van der Waals surface area contributed by atoms with E-state index in [2.05, 4.69) is 41.6 Å². The largest absolute Gasteiger partial charge is 0.490 e. The van der Waals surface area contributed by atoms with Crippen molar-refractivity contribution in [2.24, 2.45) is 16.6 Å². The fraction of sp³-hybridized carbons (Fsp3) is 0.333. The van der Waals surface area contributed by atoms with E-state index in [1.807, 2.05) is 0 Å². The van der Waals surface area contributed by atoms with Gasteiger partial charge in [-0.15, -0.1) is 0 Å². The van der Waals surface area contributed by atoms with Crippen LogP contribution in [-0.2, 0) is 26.8 Å². The van der Waals surface area contributed by atoms with Gasteiger partial charge in [0, 0.05) is 5.92 Å². The molecule has 0 bridgehead atoms. The quantitative estimate of drug-likeness (QED) is 0.222. The maximum Gasteiger partial charge on any atom is 0.490 e. The van der Waals surface area contributed by atoms with Gasteiger partial charge in [0.05, 0.1) is 24.7 Å². The molecule has 7 N–H and O–H groups in total. The van der Waals surface area contributed by atoms with Crippen molar-refractivity contribution in [2.45, 2.75) is 12.5 Å². The van der Waals surface area contributed by atoms with Gasteiger partial charge in [0.25, 0.3) is 0 Å². The third-order valence-corrected chi connectivity index (χ3v) is 8.01. The summed E-state index contributed by atoms with van der Waals surface area (Å²) in [5, 5.41) is 2.75. The lowest BCUT2D eigenvalue weighted by Gasteiger charge is -2.39. The second kappa shape index (κ2) is 7.81. The average molecular weight is 485 g/mol. The molecule has 0 radical (unpaired) electrons. The molecule has 15 nitrogen and oxygen atoms in total. The minimum Gasteiger partial charge on any atom is -0.369 e. The lowest BCUT2D eigenvalue weighted by molar-refractivity contribution is 0.136. The van der Waals surface area contributed by atoms with E-state index in [0.29, 0.717) is 29.2 Å². The second-order valence-electron chi connectivity index (χ2n) is 6.33. The Morgan fingerprint density at radius 1 is 1.20 bits per heavy atom. The van der Waals surface area contributed by atoms with Crippen molar-refractivity contribution in [3.8, 4) is 0 Å². The Bertz CT molecular complexity index is 1080. The summed E-state index contributed by atoms with van der Waals surface area (Å²) in [6.45, 7) is 7.28. The lowest BCUT2D eigenvalue weighted by atomic mass is 9.76. The number of fused-ring (bicyclic) bond motifs is 1. The van der Waals surface area contributed by atoms with Crippen LogP contribution in [-0.4, -0.2) is 41.7 Å². The number of aliphatic imine (C=N–C) groups is 1.